The average Bonchev–Trinajstić information content (AvgIpc) is 3.17. The second-order valence-corrected chi connectivity index (χ2v) is 6.23. The lowest BCUT2D eigenvalue weighted by Gasteiger charge is -2.07. The van der Waals surface area contributed by atoms with Crippen LogP contribution in [-0.4, -0.2) is 27.2 Å². The van der Waals surface area contributed by atoms with Crippen molar-refractivity contribution < 1.29 is 4.79 Å². The van der Waals surface area contributed by atoms with E-state index in [2.05, 4.69) is 15.4 Å². The number of nitrogens with one attached hydrogen (secondary N) is 2. The normalized spacial score (nSPS) is 10.8. The second-order valence-electron chi connectivity index (χ2n) is 6.23. The standard InChI is InChI=1S/C21H18N4O2/c26-20-12-18(17-8-4-5-9-19(17)24-20)21(27)22-11-10-15-13-23-25(14-15)16-6-2-1-3-7-16/h1-9,12-14H,10-11H2,(H,22,27)(H,24,26). The van der Waals surface area contributed by atoms with Crippen LogP contribution in [0.15, 0.2) is 77.9 Å². The van der Waals surface area contributed by atoms with Crippen molar-refractivity contribution in [3.63, 3.8) is 0 Å². The highest BCUT2D eigenvalue weighted by Gasteiger charge is 2.11. The van der Waals surface area contributed by atoms with E-state index >= 15 is 0 Å². The van der Waals surface area contributed by atoms with E-state index in [4.69, 9.17) is 0 Å². The summed E-state index contributed by atoms with van der Waals surface area (Å²) in [4.78, 5) is 27.1. The van der Waals surface area contributed by atoms with Crippen molar-refractivity contribution in [2.24, 2.45) is 0 Å². The molecule has 0 saturated heterocycles. The number of rotatable bonds is 5. The van der Waals surface area contributed by atoms with Gasteiger partial charge in [0.25, 0.3) is 5.91 Å². The molecule has 134 valence electrons. The molecule has 1 amide bonds. The van der Waals surface area contributed by atoms with Crippen LogP contribution in [0.5, 0.6) is 0 Å². The van der Waals surface area contributed by atoms with E-state index in [1.165, 1.54) is 6.07 Å². The molecule has 0 radical (unpaired) electrons. The molecule has 2 aromatic carbocycles. The van der Waals surface area contributed by atoms with Gasteiger partial charge in [-0.1, -0.05) is 36.4 Å². The summed E-state index contributed by atoms with van der Waals surface area (Å²) in [6.45, 7) is 0.459. The smallest absolute Gasteiger partial charge is 0.252 e. The first-order valence-electron chi connectivity index (χ1n) is 8.70. The molecule has 6 nitrogen and oxygen atoms in total. The summed E-state index contributed by atoms with van der Waals surface area (Å²) < 4.78 is 1.81. The number of aromatic nitrogens is 3. The topological polar surface area (TPSA) is 79.8 Å². The fraction of sp³-hybridized carbons (Fsp3) is 0.0952. The first-order chi connectivity index (χ1) is 13.2. The Balaban J connectivity index is 1.44. The maximum atomic E-state index is 12.5. The number of hydrogen-bond donors (Lipinski definition) is 2. The number of nitrogens with zero attached hydrogens (tertiary/aromatic N) is 2. The quantitative estimate of drug-likeness (QED) is 0.576. The first kappa shape index (κ1) is 16.8. The summed E-state index contributed by atoms with van der Waals surface area (Å²) in [5.74, 6) is -0.257. The number of pyridine rings is 1. The largest absolute Gasteiger partial charge is 0.352 e. The first-order valence-corrected chi connectivity index (χ1v) is 8.70. The number of aromatic amines is 1. The van der Waals surface area contributed by atoms with E-state index < -0.39 is 0 Å². The number of amides is 1. The minimum Gasteiger partial charge on any atom is -0.352 e. The van der Waals surface area contributed by atoms with E-state index in [1.54, 1.807) is 16.9 Å². The van der Waals surface area contributed by atoms with Gasteiger partial charge in [-0.2, -0.15) is 5.10 Å². The van der Waals surface area contributed by atoms with Crippen LogP contribution in [0.3, 0.4) is 0 Å². The summed E-state index contributed by atoms with van der Waals surface area (Å²) in [5, 5.41) is 7.97. The zero-order valence-corrected chi connectivity index (χ0v) is 14.6. The summed E-state index contributed by atoms with van der Waals surface area (Å²) >= 11 is 0. The van der Waals surface area contributed by atoms with Crippen LogP contribution in [0.4, 0.5) is 0 Å². The maximum Gasteiger partial charge on any atom is 0.252 e. The van der Waals surface area contributed by atoms with Gasteiger partial charge < -0.3 is 10.3 Å². The Morgan fingerprint density at radius 3 is 2.70 bits per heavy atom. The molecule has 0 fully saturated rings. The van der Waals surface area contributed by atoms with E-state index in [0.29, 0.717) is 24.0 Å². The predicted molar refractivity (Wildman–Crippen MR) is 104 cm³/mol. The Labute approximate surface area is 155 Å². The number of carbonyl (C=O) groups is 1. The van der Waals surface area contributed by atoms with Crippen molar-refractivity contribution in [3.8, 4) is 5.69 Å². The Hall–Kier alpha value is -3.67. The Kier molecular flexibility index (Phi) is 4.53. The highest BCUT2D eigenvalue weighted by Crippen LogP contribution is 2.14. The Morgan fingerprint density at radius 1 is 1.07 bits per heavy atom. The summed E-state index contributed by atoms with van der Waals surface area (Å²) in [6, 6.07) is 18.5. The fourth-order valence-electron chi connectivity index (χ4n) is 3.02. The summed E-state index contributed by atoms with van der Waals surface area (Å²) in [5.41, 5.74) is 2.76. The molecule has 0 bridgehead atoms. The lowest BCUT2D eigenvalue weighted by atomic mass is 10.1. The molecule has 0 spiro atoms. The number of benzene rings is 2. The number of H-pyrrole nitrogens is 1. The van der Waals surface area contributed by atoms with Crippen LogP contribution in [0.1, 0.15) is 15.9 Å². The van der Waals surface area contributed by atoms with Gasteiger partial charge in [0.1, 0.15) is 0 Å². The molecule has 0 aliphatic rings. The van der Waals surface area contributed by atoms with Gasteiger partial charge >= 0.3 is 0 Å². The second kappa shape index (κ2) is 7.29. The highest BCUT2D eigenvalue weighted by molar-refractivity contribution is 6.05. The Morgan fingerprint density at radius 2 is 1.85 bits per heavy atom. The third kappa shape index (κ3) is 3.64. The number of fused-ring (bicyclic) bond motifs is 1. The van der Waals surface area contributed by atoms with Crippen molar-refractivity contribution in [3.05, 3.63) is 94.5 Å². The third-order valence-electron chi connectivity index (χ3n) is 4.35. The molecule has 0 saturated carbocycles. The van der Waals surface area contributed by atoms with Crippen LogP contribution in [0.25, 0.3) is 16.6 Å². The lowest BCUT2D eigenvalue weighted by molar-refractivity contribution is 0.0955. The summed E-state index contributed by atoms with van der Waals surface area (Å²) in [7, 11) is 0. The van der Waals surface area contributed by atoms with Gasteiger partial charge in [0.15, 0.2) is 0 Å². The fourth-order valence-corrected chi connectivity index (χ4v) is 3.02. The van der Waals surface area contributed by atoms with Crippen molar-refractivity contribution >= 4 is 16.8 Å². The van der Waals surface area contributed by atoms with Crippen molar-refractivity contribution in [1.29, 1.82) is 0 Å². The molecule has 2 aromatic heterocycles. The Bertz CT molecular complexity index is 1150. The van der Waals surface area contributed by atoms with Gasteiger partial charge in [-0.05, 0) is 30.2 Å². The van der Waals surface area contributed by atoms with Crippen molar-refractivity contribution in [2.45, 2.75) is 6.42 Å². The zero-order chi connectivity index (χ0) is 18.6. The molecule has 0 unspecified atom stereocenters. The van der Waals surface area contributed by atoms with Crippen molar-refractivity contribution in [2.75, 3.05) is 6.54 Å². The van der Waals surface area contributed by atoms with Crippen molar-refractivity contribution in [1.82, 2.24) is 20.1 Å². The lowest BCUT2D eigenvalue weighted by Crippen LogP contribution is -2.27. The highest BCUT2D eigenvalue weighted by atomic mass is 16.2. The molecule has 4 rings (SSSR count). The number of carbonyl (C=O) groups excluding carboxylic acids is 1. The number of para-hydroxylation sites is 2. The molecule has 27 heavy (non-hydrogen) atoms. The minimum atomic E-state index is -0.289. The van der Waals surface area contributed by atoms with Gasteiger partial charge in [-0.25, -0.2) is 4.68 Å². The molecule has 0 aliphatic heterocycles. The van der Waals surface area contributed by atoms with E-state index in [9.17, 15) is 9.59 Å². The molecular formula is C21H18N4O2. The maximum absolute atomic E-state index is 12.5. The van der Waals surface area contributed by atoms with E-state index in [0.717, 1.165) is 16.6 Å². The van der Waals surface area contributed by atoms with Crippen LogP contribution >= 0.6 is 0 Å². The molecule has 6 heteroatoms. The molecular weight excluding hydrogens is 340 g/mol. The molecule has 4 aromatic rings. The van der Waals surface area contributed by atoms with Gasteiger partial charge in [-0.15, -0.1) is 0 Å². The van der Waals surface area contributed by atoms with Gasteiger partial charge in [0.05, 0.1) is 17.4 Å². The van der Waals surface area contributed by atoms with Gasteiger partial charge in [0.2, 0.25) is 5.56 Å². The van der Waals surface area contributed by atoms with Crippen LogP contribution in [0, 0.1) is 0 Å². The predicted octanol–water partition coefficient (Wildman–Crippen LogP) is 2.69. The minimum absolute atomic E-state index is 0.257. The monoisotopic (exact) mass is 358 g/mol. The molecule has 2 N–H and O–H groups in total. The molecule has 0 aliphatic carbocycles. The SMILES string of the molecule is O=C(NCCc1cnn(-c2ccccc2)c1)c1cc(=O)[nH]c2ccccc12. The third-order valence-corrected chi connectivity index (χ3v) is 4.35. The molecule has 0 atom stereocenters. The summed E-state index contributed by atoms with van der Waals surface area (Å²) in [6.07, 6.45) is 4.39. The van der Waals surface area contributed by atoms with Crippen LogP contribution in [0.2, 0.25) is 0 Å². The zero-order valence-electron chi connectivity index (χ0n) is 14.6. The average molecular weight is 358 g/mol. The van der Waals surface area contributed by atoms with E-state index in [1.807, 2.05) is 54.7 Å². The molecule has 2 heterocycles. The van der Waals surface area contributed by atoms with E-state index in [-0.39, 0.29) is 11.5 Å². The van der Waals surface area contributed by atoms with Crippen LogP contribution in [-0.2, 0) is 6.42 Å². The van der Waals surface area contributed by atoms with Crippen LogP contribution < -0.4 is 10.9 Å². The van der Waals surface area contributed by atoms with Gasteiger partial charge in [0, 0.05) is 29.7 Å². The number of hydrogen-bond acceptors (Lipinski definition) is 3. The van der Waals surface area contributed by atoms with Gasteiger partial charge in [-0.3, -0.25) is 9.59 Å².